The number of carbonyl (C=O) groups excluding carboxylic acids is 1. The second-order valence-corrected chi connectivity index (χ2v) is 8.53. The highest BCUT2D eigenvalue weighted by Gasteiger charge is 2.37. The standard InChI is InChI=1S/C11H17BrN4O3S2/c1-8(17)13-9-14-15-10(20-9)21(18,19)16-11(7-12)5-3-2-4-6-11/h16H,2-7H2,1H3,(H,13,14,17). The molecule has 1 aromatic heterocycles. The van der Waals surface area contributed by atoms with Crippen LogP contribution >= 0.6 is 27.3 Å². The molecule has 0 aliphatic heterocycles. The molecule has 1 aliphatic carbocycles. The smallest absolute Gasteiger partial charge is 0.270 e. The first-order chi connectivity index (χ1) is 9.87. The third-order valence-corrected chi connectivity index (χ3v) is 7.19. The summed E-state index contributed by atoms with van der Waals surface area (Å²) < 4.78 is 27.5. The summed E-state index contributed by atoms with van der Waals surface area (Å²) in [5.74, 6) is -0.313. The number of alkyl halides is 1. The highest BCUT2D eigenvalue weighted by molar-refractivity contribution is 9.09. The van der Waals surface area contributed by atoms with Gasteiger partial charge in [0.2, 0.25) is 15.4 Å². The van der Waals surface area contributed by atoms with Crippen LogP contribution in [0.2, 0.25) is 0 Å². The van der Waals surface area contributed by atoms with Crippen molar-refractivity contribution >= 4 is 48.3 Å². The van der Waals surface area contributed by atoms with E-state index in [1.54, 1.807) is 0 Å². The normalized spacial score (nSPS) is 18.4. The number of carbonyl (C=O) groups is 1. The number of rotatable bonds is 5. The first-order valence-corrected chi connectivity index (χ1v) is 10.0. The van der Waals surface area contributed by atoms with Crippen LogP contribution in [0.3, 0.4) is 0 Å². The summed E-state index contributed by atoms with van der Waals surface area (Å²) in [5, 5.41) is 10.5. The molecule has 1 amide bonds. The van der Waals surface area contributed by atoms with Crippen LogP contribution in [-0.2, 0) is 14.8 Å². The van der Waals surface area contributed by atoms with E-state index in [0.29, 0.717) is 5.33 Å². The minimum Gasteiger partial charge on any atom is -0.301 e. The maximum atomic E-state index is 12.4. The van der Waals surface area contributed by atoms with Crippen LogP contribution in [0, 0.1) is 0 Å². The monoisotopic (exact) mass is 396 g/mol. The molecular formula is C11H17BrN4O3S2. The zero-order chi connectivity index (χ0) is 15.5. The molecule has 21 heavy (non-hydrogen) atoms. The van der Waals surface area contributed by atoms with Gasteiger partial charge in [-0.15, -0.1) is 10.2 Å². The molecule has 0 radical (unpaired) electrons. The number of aromatic nitrogens is 2. The van der Waals surface area contributed by atoms with E-state index in [4.69, 9.17) is 0 Å². The third kappa shape index (κ3) is 4.21. The topological polar surface area (TPSA) is 101 Å². The predicted octanol–water partition coefficient (Wildman–Crippen LogP) is 1.87. The molecule has 0 spiro atoms. The number of nitrogens with one attached hydrogen (secondary N) is 2. The van der Waals surface area contributed by atoms with Gasteiger partial charge in [0.05, 0.1) is 0 Å². The Labute approximate surface area is 136 Å². The Morgan fingerprint density at radius 1 is 1.33 bits per heavy atom. The number of hydrogen-bond acceptors (Lipinski definition) is 6. The fourth-order valence-corrected chi connectivity index (χ4v) is 5.63. The Morgan fingerprint density at radius 3 is 2.57 bits per heavy atom. The highest BCUT2D eigenvalue weighted by Crippen LogP contribution is 2.32. The largest absolute Gasteiger partial charge is 0.301 e. The fourth-order valence-electron chi connectivity index (χ4n) is 2.34. The van der Waals surface area contributed by atoms with Gasteiger partial charge < -0.3 is 5.32 Å². The summed E-state index contributed by atoms with van der Waals surface area (Å²) in [7, 11) is -3.73. The molecule has 0 bridgehead atoms. The van der Waals surface area contributed by atoms with E-state index < -0.39 is 15.6 Å². The van der Waals surface area contributed by atoms with Crippen molar-refractivity contribution in [3.8, 4) is 0 Å². The van der Waals surface area contributed by atoms with Crippen LogP contribution in [0.15, 0.2) is 4.34 Å². The first-order valence-electron chi connectivity index (χ1n) is 6.58. The molecule has 0 unspecified atom stereocenters. The summed E-state index contributed by atoms with van der Waals surface area (Å²) in [5.41, 5.74) is -0.461. The van der Waals surface area contributed by atoms with Crippen molar-refractivity contribution in [3.63, 3.8) is 0 Å². The van der Waals surface area contributed by atoms with Gasteiger partial charge in [0.25, 0.3) is 10.0 Å². The van der Waals surface area contributed by atoms with Gasteiger partial charge in [-0.1, -0.05) is 46.5 Å². The lowest BCUT2D eigenvalue weighted by atomic mass is 9.84. The highest BCUT2D eigenvalue weighted by atomic mass is 79.9. The van der Waals surface area contributed by atoms with Gasteiger partial charge in [0.15, 0.2) is 0 Å². The van der Waals surface area contributed by atoms with Gasteiger partial charge in [0.1, 0.15) is 0 Å². The van der Waals surface area contributed by atoms with Crippen LogP contribution in [0.1, 0.15) is 39.0 Å². The maximum absolute atomic E-state index is 12.4. The van der Waals surface area contributed by atoms with Crippen LogP contribution in [0.4, 0.5) is 5.13 Å². The molecule has 118 valence electrons. The van der Waals surface area contributed by atoms with Crippen LogP contribution < -0.4 is 10.0 Å². The van der Waals surface area contributed by atoms with Crippen molar-refractivity contribution in [2.24, 2.45) is 0 Å². The SMILES string of the molecule is CC(=O)Nc1nnc(S(=O)(=O)NC2(CBr)CCCCC2)s1. The van der Waals surface area contributed by atoms with E-state index in [-0.39, 0.29) is 15.4 Å². The third-order valence-electron chi connectivity index (χ3n) is 3.34. The summed E-state index contributed by atoms with van der Waals surface area (Å²) in [4.78, 5) is 10.9. The number of anilines is 1. The summed E-state index contributed by atoms with van der Waals surface area (Å²) in [6, 6.07) is 0. The Morgan fingerprint density at radius 2 is 2.00 bits per heavy atom. The lowest BCUT2D eigenvalue weighted by Crippen LogP contribution is -2.51. The zero-order valence-corrected chi connectivity index (χ0v) is 14.8. The molecule has 1 saturated carbocycles. The van der Waals surface area contributed by atoms with Crippen LogP contribution in [0.5, 0.6) is 0 Å². The average Bonchev–Trinajstić information content (AvgIpc) is 2.88. The number of halogens is 1. The summed E-state index contributed by atoms with van der Waals surface area (Å²) in [6.07, 6.45) is 4.73. The van der Waals surface area contributed by atoms with E-state index in [1.165, 1.54) is 6.92 Å². The van der Waals surface area contributed by atoms with E-state index in [1.807, 2.05) is 0 Å². The van der Waals surface area contributed by atoms with Crippen LogP contribution in [-0.4, -0.2) is 35.4 Å². The second-order valence-electron chi connectivity index (χ2n) is 5.13. The van der Waals surface area contributed by atoms with E-state index in [9.17, 15) is 13.2 Å². The number of hydrogen-bond donors (Lipinski definition) is 2. The Balaban J connectivity index is 2.17. The van der Waals surface area contributed by atoms with Gasteiger partial charge >= 0.3 is 0 Å². The minimum absolute atomic E-state index is 0.128. The lowest BCUT2D eigenvalue weighted by molar-refractivity contribution is -0.114. The van der Waals surface area contributed by atoms with Gasteiger partial charge in [0, 0.05) is 17.8 Å². The molecule has 1 aromatic rings. The Hall–Kier alpha value is -0.580. The van der Waals surface area contributed by atoms with E-state index >= 15 is 0 Å². The average molecular weight is 397 g/mol. The Bertz CT molecular complexity index is 611. The Kier molecular flexibility index (Phi) is 5.33. The molecule has 7 nitrogen and oxygen atoms in total. The van der Waals surface area contributed by atoms with Crippen LogP contribution in [0.25, 0.3) is 0 Å². The number of nitrogens with zero attached hydrogens (tertiary/aromatic N) is 2. The quantitative estimate of drug-likeness (QED) is 0.584. The van der Waals surface area contributed by atoms with Crippen molar-refractivity contribution in [1.82, 2.24) is 14.9 Å². The molecule has 0 saturated heterocycles. The lowest BCUT2D eigenvalue weighted by Gasteiger charge is -2.35. The predicted molar refractivity (Wildman–Crippen MR) is 84.1 cm³/mol. The van der Waals surface area contributed by atoms with Gasteiger partial charge in [-0.3, -0.25) is 4.79 Å². The second kappa shape index (κ2) is 6.67. The van der Waals surface area contributed by atoms with Crippen molar-refractivity contribution in [2.45, 2.75) is 48.9 Å². The molecule has 2 rings (SSSR count). The molecule has 1 fully saturated rings. The molecule has 2 N–H and O–H groups in total. The molecular weight excluding hydrogens is 380 g/mol. The van der Waals surface area contributed by atoms with E-state index in [0.717, 1.165) is 43.4 Å². The van der Waals surface area contributed by atoms with Crippen molar-refractivity contribution in [1.29, 1.82) is 0 Å². The maximum Gasteiger partial charge on any atom is 0.270 e. The molecule has 10 heteroatoms. The van der Waals surface area contributed by atoms with Gasteiger partial charge in [-0.05, 0) is 12.8 Å². The first kappa shape index (κ1) is 16.8. The molecule has 0 aromatic carbocycles. The van der Waals surface area contributed by atoms with E-state index in [2.05, 4.69) is 36.2 Å². The van der Waals surface area contributed by atoms with Gasteiger partial charge in [-0.2, -0.15) is 0 Å². The molecule has 0 atom stereocenters. The zero-order valence-electron chi connectivity index (χ0n) is 11.6. The van der Waals surface area contributed by atoms with Gasteiger partial charge in [-0.25, -0.2) is 13.1 Å². The number of amides is 1. The van der Waals surface area contributed by atoms with Crippen molar-refractivity contribution in [3.05, 3.63) is 0 Å². The number of sulfonamides is 1. The molecule has 1 aliphatic rings. The molecule has 1 heterocycles. The summed E-state index contributed by atoms with van der Waals surface area (Å²) >= 11 is 4.26. The van der Waals surface area contributed by atoms with Crippen molar-refractivity contribution < 1.29 is 13.2 Å². The summed E-state index contributed by atoms with van der Waals surface area (Å²) in [6.45, 7) is 1.33. The fraction of sp³-hybridized carbons (Fsp3) is 0.727. The van der Waals surface area contributed by atoms with Crippen molar-refractivity contribution in [2.75, 3.05) is 10.6 Å². The minimum atomic E-state index is -3.73.